The SMILES string of the molecule is CNC1CCN(C(=O)c2cc(Br)cc(S(N)(=O)=O)c2C)CC1. The third kappa shape index (κ3) is 3.68. The first-order valence-electron chi connectivity index (χ1n) is 7.03. The van der Waals surface area contributed by atoms with Gasteiger partial charge in [-0.2, -0.15) is 0 Å². The first kappa shape index (κ1) is 17.4. The second-order valence-corrected chi connectivity index (χ2v) is 7.92. The fourth-order valence-corrected chi connectivity index (χ4v) is 4.15. The zero-order chi connectivity index (χ0) is 16.5. The molecule has 0 bridgehead atoms. The number of carbonyl (C=O) groups is 1. The van der Waals surface area contributed by atoms with Gasteiger partial charge in [-0.05, 0) is 44.5 Å². The molecule has 0 spiro atoms. The number of rotatable bonds is 3. The molecular formula is C14H20BrN3O3S. The highest BCUT2D eigenvalue weighted by molar-refractivity contribution is 9.10. The summed E-state index contributed by atoms with van der Waals surface area (Å²) in [7, 11) is -1.95. The number of sulfonamides is 1. The molecule has 1 aliphatic rings. The van der Waals surface area contributed by atoms with E-state index in [1.54, 1.807) is 17.9 Å². The van der Waals surface area contributed by atoms with Gasteiger partial charge < -0.3 is 10.2 Å². The lowest BCUT2D eigenvalue weighted by Crippen LogP contribution is -2.44. The molecule has 6 nitrogen and oxygen atoms in total. The highest BCUT2D eigenvalue weighted by atomic mass is 79.9. The summed E-state index contributed by atoms with van der Waals surface area (Å²) in [6.07, 6.45) is 1.77. The monoisotopic (exact) mass is 389 g/mol. The number of likely N-dealkylation sites (tertiary alicyclic amines) is 1. The highest BCUT2D eigenvalue weighted by Gasteiger charge is 2.26. The third-order valence-electron chi connectivity index (χ3n) is 4.05. The van der Waals surface area contributed by atoms with Crippen molar-refractivity contribution in [3.05, 3.63) is 27.7 Å². The zero-order valence-electron chi connectivity index (χ0n) is 12.6. The van der Waals surface area contributed by atoms with E-state index in [4.69, 9.17) is 5.14 Å². The lowest BCUT2D eigenvalue weighted by molar-refractivity contribution is 0.0706. The number of carbonyl (C=O) groups excluding carboxylic acids is 1. The Morgan fingerprint density at radius 1 is 1.36 bits per heavy atom. The molecular weight excluding hydrogens is 370 g/mol. The summed E-state index contributed by atoms with van der Waals surface area (Å²) in [5.74, 6) is -0.154. The molecule has 2 rings (SSSR count). The van der Waals surface area contributed by atoms with E-state index in [-0.39, 0.29) is 10.8 Å². The normalized spacial score (nSPS) is 16.8. The summed E-state index contributed by atoms with van der Waals surface area (Å²) < 4.78 is 23.8. The molecule has 8 heteroatoms. The van der Waals surface area contributed by atoms with Crippen LogP contribution in [0.3, 0.4) is 0 Å². The van der Waals surface area contributed by atoms with Gasteiger partial charge in [0.05, 0.1) is 4.90 Å². The molecule has 1 aromatic carbocycles. The van der Waals surface area contributed by atoms with Crippen LogP contribution in [0.2, 0.25) is 0 Å². The molecule has 0 aromatic heterocycles. The van der Waals surface area contributed by atoms with Crippen LogP contribution in [0.15, 0.2) is 21.5 Å². The number of halogens is 1. The van der Waals surface area contributed by atoms with E-state index in [2.05, 4.69) is 21.2 Å². The minimum Gasteiger partial charge on any atom is -0.339 e. The van der Waals surface area contributed by atoms with Crippen molar-refractivity contribution in [2.24, 2.45) is 5.14 Å². The molecule has 22 heavy (non-hydrogen) atoms. The quantitative estimate of drug-likeness (QED) is 0.812. The third-order valence-corrected chi connectivity index (χ3v) is 5.55. The van der Waals surface area contributed by atoms with Crippen LogP contribution in [0, 0.1) is 6.92 Å². The number of primary sulfonamides is 1. The maximum atomic E-state index is 12.7. The van der Waals surface area contributed by atoms with Gasteiger partial charge in [0.25, 0.3) is 5.91 Å². The summed E-state index contributed by atoms with van der Waals surface area (Å²) in [6.45, 7) is 2.92. The minimum atomic E-state index is -3.87. The van der Waals surface area contributed by atoms with Crippen LogP contribution in [-0.4, -0.2) is 45.4 Å². The molecule has 0 saturated carbocycles. The molecule has 0 aliphatic carbocycles. The number of hydrogen-bond donors (Lipinski definition) is 2. The molecule has 0 unspecified atom stereocenters. The molecule has 0 radical (unpaired) electrons. The summed E-state index contributed by atoms with van der Waals surface area (Å²) in [6, 6.07) is 3.50. The minimum absolute atomic E-state index is 0.0182. The molecule has 1 aromatic rings. The van der Waals surface area contributed by atoms with Crippen LogP contribution in [0.25, 0.3) is 0 Å². The van der Waals surface area contributed by atoms with Gasteiger partial charge in [0, 0.05) is 29.2 Å². The number of piperidine rings is 1. The fourth-order valence-electron chi connectivity index (χ4n) is 2.71. The smallest absolute Gasteiger partial charge is 0.254 e. The van der Waals surface area contributed by atoms with Crippen LogP contribution < -0.4 is 10.5 Å². The second-order valence-electron chi connectivity index (χ2n) is 5.48. The lowest BCUT2D eigenvalue weighted by Gasteiger charge is -2.32. The van der Waals surface area contributed by atoms with Crippen molar-refractivity contribution >= 4 is 31.9 Å². The molecule has 1 amide bonds. The molecule has 1 aliphatic heterocycles. The van der Waals surface area contributed by atoms with Gasteiger partial charge in [0.15, 0.2) is 0 Å². The van der Waals surface area contributed by atoms with Crippen LogP contribution in [0.4, 0.5) is 0 Å². The first-order chi connectivity index (χ1) is 10.2. The van der Waals surface area contributed by atoms with Gasteiger partial charge in [-0.1, -0.05) is 15.9 Å². The van der Waals surface area contributed by atoms with Crippen molar-refractivity contribution in [3.63, 3.8) is 0 Å². The molecule has 1 saturated heterocycles. The second kappa shape index (κ2) is 6.66. The van der Waals surface area contributed by atoms with Crippen molar-refractivity contribution in [3.8, 4) is 0 Å². The summed E-state index contributed by atoms with van der Waals surface area (Å²) in [5.41, 5.74) is 0.771. The number of benzene rings is 1. The largest absolute Gasteiger partial charge is 0.339 e. The Labute approximate surface area is 139 Å². The van der Waals surface area contributed by atoms with E-state index in [1.807, 2.05) is 7.05 Å². The van der Waals surface area contributed by atoms with Gasteiger partial charge in [-0.25, -0.2) is 13.6 Å². The Morgan fingerprint density at radius 2 is 1.95 bits per heavy atom. The van der Waals surface area contributed by atoms with E-state index in [0.717, 1.165) is 12.8 Å². The molecule has 0 atom stereocenters. The maximum absolute atomic E-state index is 12.7. The number of hydrogen-bond acceptors (Lipinski definition) is 4. The van der Waals surface area contributed by atoms with E-state index >= 15 is 0 Å². The standard InChI is InChI=1S/C14H20BrN3O3S/c1-9-12(7-10(15)8-13(9)22(16,20)21)14(19)18-5-3-11(17-2)4-6-18/h7-8,11,17H,3-6H2,1-2H3,(H2,16,20,21). The topological polar surface area (TPSA) is 92.5 Å². The van der Waals surface area contributed by atoms with Crippen LogP contribution in [0.5, 0.6) is 0 Å². The average molecular weight is 390 g/mol. The van der Waals surface area contributed by atoms with Crippen molar-refractivity contribution in [2.45, 2.75) is 30.7 Å². The van der Waals surface area contributed by atoms with Crippen LogP contribution in [-0.2, 0) is 10.0 Å². The Kier molecular flexibility index (Phi) is 5.26. The molecule has 1 heterocycles. The van der Waals surface area contributed by atoms with Gasteiger partial charge >= 0.3 is 0 Å². The lowest BCUT2D eigenvalue weighted by atomic mass is 10.0. The summed E-state index contributed by atoms with van der Waals surface area (Å²) >= 11 is 3.25. The summed E-state index contributed by atoms with van der Waals surface area (Å²) in [5, 5.41) is 8.44. The Morgan fingerprint density at radius 3 is 2.45 bits per heavy atom. The van der Waals surface area contributed by atoms with Gasteiger partial charge in [0.1, 0.15) is 0 Å². The molecule has 122 valence electrons. The predicted octanol–water partition coefficient (Wildman–Crippen LogP) is 1.23. The Bertz CT molecular complexity index is 683. The van der Waals surface area contributed by atoms with Gasteiger partial charge in [-0.15, -0.1) is 0 Å². The maximum Gasteiger partial charge on any atom is 0.254 e. The van der Waals surface area contributed by atoms with Crippen molar-refractivity contribution in [1.29, 1.82) is 0 Å². The Hall–Kier alpha value is -0.960. The number of nitrogens with two attached hydrogens (primary N) is 1. The van der Waals surface area contributed by atoms with Crippen molar-refractivity contribution in [1.82, 2.24) is 10.2 Å². The van der Waals surface area contributed by atoms with E-state index in [1.165, 1.54) is 6.07 Å². The number of nitrogens with one attached hydrogen (secondary N) is 1. The molecule has 3 N–H and O–H groups in total. The van der Waals surface area contributed by atoms with E-state index < -0.39 is 10.0 Å². The fraction of sp³-hybridized carbons (Fsp3) is 0.500. The highest BCUT2D eigenvalue weighted by Crippen LogP contribution is 2.26. The van der Waals surface area contributed by atoms with Gasteiger partial charge in [0.2, 0.25) is 10.0 Å². The van der Waals surface area contributed by atoms with E-state index in [0.29, 0.717) is 34.7 Å². The zero-order valence-corrected chi connectivity index (χ0v) is 15.0. The predicted molar refractivity (Wildman–Crippen MR) is 88.2 cm³/mol. The average Bonchev–Trinajstić information content (AvgIpc) is 2.47. The molecule has 1 fully saturated rings. The van der Waals surface area contributed by atoms with Crippen molar-refractivity contribution in [2.75, 3.05) is 20.1 Å². The van der Waals surface area contributed by atoms with Crippen LogP contribution >= 0.6 is 15.9 Å². The van der Waals surface area contributed by atoms with Crippen LogP contribution in [0.1, 0.15) is 28.8 Å². The first-order valence-corrected chi connectivity index (χ1v) is 9.37. The number of nitrogens with zero attached hydrogens (tertiary/aromatic N) is 1. The van der Waals surface area contributed by atoms with Crippen molar-refractivity contribution < 1.29 is 13.2 Å². The Balaban J connectivity index is 2.33. The summed E-state index contributed by atoms with van der Waals surface area (Å²) in [4.78, 5) is 14.4. The number of amides is 1. The van der Waals surface area contributed by atoms with Gasteiger partial charge in [-0.3, -0.25) is 4.79 Å². The van der Waals surface area contributed by atoms with E-state index in [9.17, 15) is 13.2 Å².